The van der Waals surface area contributed by atoms with Crippen molar-refractivity contribution in [3.63, 3.8) is 0 Å². The van der Waals surface area contributed by atoms with Crippen molar-refractivity contribution in [2.45, 2.75) is 62.0 Å². The molecule has 6 rings (SSSR count). The summed E-state index contributed by atoms with van der Waals surface area (Å²) in [4.78, 5) is 51.7. The number of carboxylic acid groups (broad SMARTS) is 1. The van der Waals surface area contributed by atoms with Crippen LogP contribution in [0.3, 0.4) is 0 Å². The first kappa shape index (κ1) is 34.8. The number of hydrogen-bond donors (Lipinski definition) is 3. The van der Waals surface area contributed by atoms with Gasteiger partial charge in [-0.15, -0.1) is 11.8 Å². The van der Waals surface area contributed by atoms with E-state index in [1.54, 1.807) is 36.4 Å². The lowest BCUT2D eigenvalue weighted by Crippen LogP contribution is -2.41. The molecule has 2 fully saturated rings. The second-order valence-corrected chi connectivity index (χ2v) is 13.0. The van der Waals surface area contributed by atoms with Crippen LogP contribution in [0.25, 0.3) is 0 Å². The Bertz CT molecular complexity index is 1820. The molecule has 3 N–H and O–H groups in total. The minimum atomic E-state index is -1.00. The molecule has 4 atom stereocenters. The number of carboxylic acids is 1. The number of carbonyl (C=O) groups excluding carboxylic acids is 3. The fourth-order valence-electron chi connectivity index (χ4n) is 5.81. The number of imide groups is 1. The molecule has 258 valence electrons. The molecule has 0 aliphatic carbocycles. The SMILES string of the molecule is O=C(NC1CC(=O)N(Cc2ccc(C3OC(CSc4ccccc4C(=O)O)CC(c4ccc(CO)cc4)O3)cc2)C1=O)OCc1ccccc1. The summed E-state index contributed by atoms with van der Waals surface area (Å²) < 4.78 is 18.0. The Hall–Kier alpha value is -5.01. The van der Waals surface area contributed by atoms with Crippen LogP contribution in [0.5, 0.6) is 0 Å². The highest BCUT2D eigenvalue weighted by molar-refractivity contribution is 7.99. The Kier molecular flexibility index (Phi) is 11.2. The van der Waals surface area contributed by atoms with Gasteiger partial charge in [-0.2, -0.15) is 0 Å². The van der Waals surface area contributed by atoms with Gasteiger partial charge in [0.15, 0.2) is 6.29 Å². The number of aliphatic hydroxyl groups excluding tert-OH is 1. The number of aliphatic hydroxyl groups is 1. The number of alkyl carbamates (subject to hydrolysis) is 1. The molecule has 2 aliphatic heterocycles. The number of thioether (sulfide) groups is 1. The van der Waals surface area contributed by atoms with Gasteiger partial charge in [-0.05, 0) is 34.4 Å². The van der Waals surface area contributed by atoms with Crippen LogP contribution < -0.4 is 5.32 Å². The van der Waals surface area contributed by atoms with Crippen LogP contribution in [0.4, 0.5) is 4.79 Å². The lowest BCUT2D eigenvalue weighted by Gasteiger charge is -2.36. The van der Waals surface area contributed by atoms with Gasteiger partial charge < -0.3 is 29.7 Å². The summed E-state index contributed by atoms with van der Waals surface area (Å²) in [5, 5.41) is 21.6. The molecule has 0 saturated carbocycles. The van der Waals surface area contributed by atoms with Crippen LogP contribution in [0.1, 0.15) is 63.4 Å². The summed E-state index contributed by atoms with van der Waals surface area (Å²) >= 11 is 1.41. The highest BCUT2D eigenvalue weighted by Crippen LogP contribution is 2.40. The molecule has 50 heavy (non-hydrogen) atoms. The maximum atomic E-state index is 13.1. The quantitative estimate of drug-likeness (QED) is 0.123. The standard InChI is InChI=1S/C38H36N2O9S/c41-21-25-12-14-27(15-13-25)32-18-29(23-50-33-9-5-4-8-30(33)36(44)45)48-37(49-32)28-16-10-24(11-17-28)20-40-34(42)19-31(35(40)43)39-38(46)47-22-26-6-2-1-3-7-26/h1-17,29,31-32,37,41H,18-23H2,(H,39,46)(H,44,45). The van der Waals surface area contributed by atoms with Crippen LogP contribution in [0.2, 0.25) is 0 Å². The number of amides is 3. The van der Waals surface area contributed by atoms with Gasteiger partial charge in [0.25, 0.3) is 5.91 Å². The van der Waals surface area contributed by atoms with Gasteiger partial charge in [-0.1, -0.05) is 91.0 Å². The Balaban J connectivity index is 1.10. The Morgan fingerprint density at radius 3 is 2.24 bits per heavy atom. The number of nitrogens with one attached hydrogen (secondary N) is 1. The Morgan fingerprint density at radius 1 is 0.840 bits per heavy atom. The molecule has 2 heterocycles. The summed E-state index contributed by atoms with van der Waals surface area (Å²) in [6.45, 7) is 0.00387. The average Bonchev–Trinajstić information content (AvgIpc) is 3.40. The van der Waals surface area contributed by atoms with Crippen molar-refractivity contribution in [1.82, 2.24) is 10.2 Å². The van der Waals surface area contributed by atoms with E-state index in [4.69, 9.17) is 14.2 Å². The predicted octanol–water partition coefficient (Wildman–Crippen LogP) is 5.77. The molecule has 4 aromatic rings. The van der Waals surface area contributed by atoms with Crippen LogP contribution in [-0.4, -0.2) is 56.9 Å². The zero-order valence-electron chi connectivity index (χ0n) is 27.0. The summed E-state index contributed by atoms with van der Waals surface area (Å²) in [7, 11) is 0. The smallest absolute Gasteiger partial charge is 0.408 e. The van der Waals surface area contributed by atoms with E-state index in [0.717, 1.165) is 27.2 Å². The zero-order valence-corrected chi connectivity index (χ0v) is 27.8. The monoisotopic (exact) mass is 696 g/mol. The maximum absolute atomic E-state index is 13.1. The lowest BCUT2D eigenvalue weighted by atomic mass is 10.0. The highest BCUT2D eigenvalue weighted by atomic mass is 32.2. The number of carbonyl (C=O) groups is 4. The molecule has 2 saturated heterocycles. The number of nitrogens with zero attached hydrogens (tertiary/aromatic N) is 1. The van der Waals surface area contributed by atoms with E-state index >= 15 is 0 Å². The van der Waals surface area contributed by atoms with Crippen molar-refractivity contribution < 1.29 is 43.6 Å². The van der Waals surface area contributed by atoms with Gasteiger partial charge in [0, 0.05) is 22.6 Å². The number of aromatic carboxylic acids is 1. The van der Waals surface area contributed by atoms with Gasteiger partial charge in [0.2, 0.25) is 5.91 Å². The van der Waals surface area contributed by atoms with Gasteiger partial charge in [-0.25, -0.2) is 9.59 Å². The second kappa shape index (κ2) is 16.1. The molecule has 12 heteroatoms. The Labute approximate surface area is 293 Å². The third-order valence-electron chi connectivity index (χ3n) is 8.50. The number of hydrogen-bond acceptors (Lipinski definition) is 9. The summed E-state index contributed by atoms with van der Waals surface area (Å²) in [5.74, 6) is -1.41. The molecule has 3 amide bonds. The third kappa shape index (κ3) is 8.58. The fourth-order valence-corrected chi connectivity index (χ4v) is 6.87. The van der Waals surface area contributed by atoms with E-state index in [0.29, 0.717) is 22.6 Å². The minimum Gasteiger partial charge on any atom is -0.478 e. The van der Waals surface area contributed by atoms with Gasteiger partial charge >= 0.3 is 12.1 Å². The molecule has 0 radical (unpaired) electrons. The minimum absolute atomic E-state index is 0.0314. The second-order valence-electron chi connectivity index (χ2n) is 12.0. The van der Waals surface area contributed by atoms with E-state index in [9.17, 15) is 29.4 Å². The summed E-state index contributed by atoms with van der Waals surface area (Å²) in [6, 6.07) is 29.7. The van der Waals surface area contributed by atoms with E-state index in [2.05, 4.69) is 5.32 Å². The van der Waals surface area contributed by atoms with Crippen LogP contribution in [-0.2, 0) is 43.6 Å². The third-order valence-corrected chi connectivity index (χ3v) is 9.70. The zero-order chi connectivity index (χ0) is 35.0. The molecular formula is C38H36N2O9S. The van der Waals surface area contributed by atoms with Crippen LogP contribution in [0, 0.1) is 0 Å². The first-order chi connectivity index (χ1) is 24.3. The molecule has 2 aliphatic rings. The van der Waals surface area contributed by atoms with Gasteiger partial charge in [0.1, 0.15) is 12.6 Å². The van der Waals surface area contributed by atoms with E-state index < -0.39 is 36.2 Å². The van der Waals surface area contributed by atoms with Gasteiger partial charge in [-0.3, -0.25) is 14.5 Å². The van der Waals surface area contributed by atoms with E-state index in [-0.39, 0.29) is 44.0 Å². The van der Waals surface area contributed by atoms with Crippen molar-refractivity contribution in [3.05, 3.63) is 137 Å². The topological polar surface area (TPSA) is 152 Å². The van der Waals surface area contributed by atoms with Crippen molar-refractivity contribution in [3.8, 4) is 0 Å². The van der Waals surface area contributed by atoms with Crippen molar-refractivity contribution in [2.24, 2.45) is 0 Å². The van der Waals surface area contributed by atoms with Crippen LogP contribution in [0.15, 0.2) is 108 Å². The van der Waals surface area contributed by atoms with E-state index in [1.165, 1.54) is 11.8 Å². The lowest BCUT2D eigenvalue weighted by molar-refractivity contribution is -0.245. The molecular weight excluding hydrogens is 660 g/mol. The number of ether oxygens (including phenoxy) is 3. The molecule has 4 aromatic carbocycles. The fraction of sp³-hybridized carbons (Fsp3) is 0.263. The molecule has 4 unspecified atom stereocenters. The molecule has 0 spiro atoms. The van der Waals surface area contributed by atoms with Gasteiger partial charge in [0.05, 0.1) is 37.3 Å². The first-order valence-electron chi connectivity index (χ1n) is 16.1. The number of benzene rings is 4. The molecule has 0 bridgehead atoms. The first-order valence-corrected chi connectivity index (χ1v) is 17.1. The Morgan fingerprint density at radius 2 is 1.52 bits per heavy atom. The maximum Gasteiger partial charge on any atom is 0.408 e. The van der Waals surface area contributed by atoms with Crippen LogP contribution >= 0.6 is 11.8 Å². The summed E-state index contributed by atoms with van der Waals surface area (Å²) in [5.41, 5.74) is 4.16. The molecule has 0 aromatic heterocycles. The van der Waals surface area contributed by atoms with Crippen molar-refractivity contribution >= 4 is 35.6 Å². The largest absolute Gasteiger partial charge is 0.478 e. The normalized spacial score (nSPS) is 20.5. The molecule has 11 nitrogen and oxygen atoms in total. The average molecular weight is 697 g/mol. The summed E-state index contributed by atoms with van der Waals surface area (Å²) in [6.07, 6.45) is -1.76. The number of likely N-dealkylation sites (tertiary alicyclic amines) is 1. The highest BCUT2D eigenvalue weighted by Gasteiger charge is 2.40. The van der Waals surface area contributed by atoms with Crippen molar-refractivity contribution in [2.75, 3.05) is 5.75 Å². The predicted molar refractivity (Wildman–Crippen MR) is 183 cm³/mol. The van der Waals surface area contributed by atoms with Crippen molar-refractivity contribution in [1.29, 1.82) is 0 Å². The number of rotatable bonds is 12. The van der Waals surface area contributed by atoms with E-state index in [1.807, 2.05) is 66.7 Å².